The van der Waals surface area contributed by atoms with Crippen LogP contribution in [0.1, 0.15) is 47.0 Å². The molecule has 0 heteroatoms. The zero-order valence-electron chi connectivity index (χ0n) is 9.93. The number of hydrogen-bond acceptors (Lipinski definition) is 0. The van der Waals surface area contributed by atoms with Crippen LogP contribution in [0.5, 0.6) is 0 Å². The molecule has 0 heterocycles. The van der Waals surface area contributed by atoms with Crippen molar-refractivity contribution in [2.75, 3.05) is 0 Å². The summed E-state index contributed by atoms with van der Waals surface area (Å²) in [7, 11) is 0. The molecule has 0 saturated carbocycles. The van der Waals surface area contributed by atoms with Crippen LogP contribution in [0.15, 0.2) is 41.2 Å². The minimum absolute atomic E-state index is 1.04. The van der Waals surface area contributed by atoms with Crippen LogP contribution in [0, 0.1) is 0 Å². The topological polar surface area (TPSA) is 0 Å². The maximum atomic E-state index is 3.11. The minimum Gasteiger partial charge on any atom is -0.130 e. The van der Waals surface area contributed by atoms with Crippen molar-refractivity contribution in [1.29, 1.82) is 0 Å². The van der Waals surface area contributed by atoms with Gasteiger partial charge in [-0.2, -0.15) is 0 Å². The molecule has 0 bridgehead atoms. The second kappa shape index (κ2) is 8.59. The van der Waals surface area contributed by atoms with E-state index in [-0.39, 0.29) is 0 Å². The Hall–Kier alpha value is -1.00. The van der Waals surface area contributed by atoms with Gasteiger partial charge in [0.2, 0.25) is 0 Å². The van der Waals surface area contributed by atoms with Crippen molar-refractivity contribution in [2.24, 2.45) is 0 Å². The molecular formula is C14H22. The van der Waals surface area contributed by atoms with Crippen LogP contribution in [0.3, 0.4) is 0 Å². The Bertz CT molecular complexity index is 254. The summed E-state index contributed by atoms with van der Waals surface area (Å²) in [5.41, 5.74) is 6.01. The highest BCUT2D eigenvalue weighted by Gasteiger charge is 1.91. The first-order valence-corrected chi connectivity index (χ1v) is 5.33. The van der Waals surface area contributed by atoms with E-state index in [1.807, 2.05) is 13.0 Å². The molecule has 0 aromatic heterocycles. The van der Waals surface area contributed by atoms with Gasteiger partial charge in [0, 0.05) is 0 Å². The van der Waals surface area contributed by atoms with Crippen molar-refractivity contribution in [2.45, 2.75) is 47.0 Å². The van der Waals surface area contributed by atoms with Gasteiger partial charge in [0.1, 0.15) is 0 Å². The zero-order chi connectivity index (χ0) is 10.8. The fourth-order valence-electron chi connectivity index (χ4n) is 1.22. The summed E-state index contributed by atoms with van der Waals surface area (Å²) in [5.74, 6) is 0. The minimum atomic E-state index is 1.04. The fraction of sp³-hybridized carbons (Fsp3) is 0.500. The van der Waals surface area contributed by atoms with E-state index in [9.17, 15) is 0 Å². The third kappa shape index (κ3) is 7.64. The Balaban J connectivity index is 3.94. The van der Waals surface area contributed by atoms with Crippen LogP contribution in [0.2, 0.25) is 0 Å². The van der Waals surface area contributed by atoms with Gasteiger partial charge in [-0.15, -0.1) is 5.73 Å². The van der Waals surface area contributed by atoms with E-state index in [4.69, 9.17) is 0 Å². The smallest absolute Gasteiger partial charge is 0.00627 e. The Morgan fingerprint density at radius 2 is 1.93 bits per heavy atom. The fourth-order valence-corrected chi connectivity index (χ4v) is 1.22. The van der Waals surface area contributed by atoms with Crippen molar-refractivity contribution < 1.29 is 0 Å². The van der Waals surface area contributed by atoms with E-state index in [1.165, 1.54) is 17.6 Å². The molecule has 0 aromatic rings. The maximum Gasteiger partial charge on any atom is -0.00627 e. The molecular weight excluding hydrogens is 168 g/mol. The summed E-state index contributed by atoms with van der Waals surface area (Å²) < 4.78 is 0. The Morgan fingerprint density at radius 3 is 2.43 bits per heavy atom. The molecule has 0 atom stereocenters. The van der Waals surface area contributed by atoms with Crippen molar-refractivity contribution in [3.05, 3.63) is 41.2 Å². The molecule has 0 radical (unpaired) electrons. The summed E-state index contributed by atoms with van der Waals surface area (Å²) in [6, 6.07) is 0. The maximum absolute atomic E-state index is 3.11. The molecule has 0 saturated heterocycles. The molecule has 78 valence electrons. The van der Waals surface area contributed by atoms with Gasteiger partial charge in [0.25, 0.3) is 0 Å². The molecule has 0 aliphatic heterocycles. The monoisotopic (exact) mass is 190 g/mol. The third-order valence-corrected chi connectivity index (χ3v) is 2.08. The highest BCUT2D eigenvalue weighted by atomic mass is 14.0. The Morgan fingerprint density at radius 1 is 1.21 bits per heavy atom. The molecule has 0 aliphatic rings. The normalized spacial score (nSPS) is 10.4. The molecule has 0 nitrogen and oxygen atoms in total. The first kappa shape index (κ1) is 13.0. The van der Waals surface area contributed by atoms with Gasteiger partial charge in [-0.05, 0) is 59.1 Å². The quantitative estimate of drug-likeness (QED) is 0.431. The molecule has 0 N–H and O–H groups in total. The van der Waals surface area contributed by atoms with E-state index in [2.05, 4.69) is 44.7 Å². The SMILES string of the molecule is CC=C=CCC(=CC)CCC=C(C)C. The van der Waals surface area contributed by atoms with Gasteiger partial charge in [0.15, 0.2) is 0 Å². The molecule has 0 rings (SSSR count). The lowest BCUT2D eigenvalue weighted by Gasteiger charge is -2.00. The second-order valence-electron chi connectivity index (χ2n) is 3.63. The zero-order valence-corrected chi connectivity index (χ0v) is 9.93. The number of rotatable bonds is 5. The summed E-state index contributed by atoms with van der Waals surface area (Å²) in [4.78, 5) is 0. The standard InChI is InChI=1S/C14H22/c1-5-7-8-11-14(6-2)12-9-10-13(3)4/h5-6,8,10H,9,11-12H2,1-4H3. The highest BCUT2D eigenvalue weighted by molar-refractivity contribution is 5.08. The van der Waals surface area contributed by atoms with Crippen LogP contribution in [-0.2, 0) is 0 Å². The van der Waals surface area contributed by atoms with Crippen molar-refractivity contribution in [3.8, 4) is 0 Å². The van der Waals surface area contributed by atoms with Crippen LogP contribution >= 0.6 is 0 Å². The average molecular weight is 190 g/mol. The van der Waals surface area contributed by atoms with Gasteiger partial charge in [-0.1, -0.05) is 23.3 Å². The Kier molecular flexibility index (Phi) is 7.98. The van der Waals surface area contributed by atoms with Gasteiger partial charge >= 0.3 is 0 Å². The predicted octanol–water partition coefficient (Wildman–Crippen LogP) is 4.80. The molecule has 0 spiro atoms. The van der Waals surface area contributed by atoms with E-state index in [0.717, 1.165) is 12.8 Å². The van der Waals surface area contributed by atoms with Crippen molar-refractivity contribution >= 4 is 0 Å². The van der Waals surface area contributed by atoms with Gasteiger partial charge in [-0.25, -0.2) is 0 Å². The molecule has 0 amide bonds. The summed E-state index contributed by atoms with van der Waals surface area (Å²) in [6.45, 7) is 8.40. The first-order valence-electron chi connectivity index (χ1n) is 5.33. The Labute approximate surface area is 88.7 Å². The largest absolute Gasteiger partial charge is 0.130 e. The van der Waals surface area contributed by atoms with Crippen LogP contribution in [-0.4, -0.2) is 0 Å². The molecule has 14 heavy (non-hydrogen) atoms. The van der Waals surface area contributed by atoms with Crippen molar-refractivity contribution in [3.63, 3.8) is 0 Å². The molecule has 0 fully saturated rings. The van der Waals surface area contributed by atoms with E-state index in [0.29, 0.717) is 0 Å². The summed E-state index contributed by atoms with van der Waals surface area (Å²) in [5, 5.41) is 0. The van der Waals surface area contributed by atoms with Crippen LogP contribution in [0.4, 0.5) is 0 Å². The van der Waals surface area contributed by atoms with Crippen LogP contribution < -0.4 is 0 Å². The van der Waals surface area contributed by atoms with E-state index in [1.54, 1.807) is 0 Å². The van der Waals surface area contributed by atoms with Gasteiger partial charge in [-0.3, -0.25) is 0 Å². The molecule has 0 aliphatic carbocycles. The molecule has 0 unspecified atom stereocenters. The summed E-state index contributed by atoms with van der Waals surface area (Å²) in [6.07, 6.45) is 11.9. The first-order chi connectivity index (χ1) is 6.70. The highest BCUT2D eigenvalue weighted by Crippen LogP contribution is 2.11. The van der Waals surface area contributed by atoms with E-state index >= 15 is 0 Å². The van der Waals surface area contributed by atoms with Gasteiger partial charge < -0.3 is 0 Å². The second-order valence-corrected chi connectivity index (χ2v) is 3.63. The lowest BCUT2D eigenvalue weighted by molar-refractivity contribution is 0.929. The van der Waals surface area contributed by atoms with Gasteiger partial charge in [0.05, 0.1) is 0 Å². The average Bonchev–Trinajstić information content (AvgIpc) is 2.15. The number of hydrogen-bond donors (Lipinski definition) is 0. The summed E-state index contributed by atoms with van der Waals surface area (Å²) >= 11 is 0. The van der Waals surface area contributed by atoms with Crippen LogP contribution in [0.25, 0.3) is 0 Å². The third-order valence-electron chi connectivity index (χ3n) is 2.08. The predicted molar refractivity (Wildman–Crippen MR) is 65.4 cm³/mol. The lowest BCUT2D eigenvalue weighted by Crippen LogP contribution is -1.80. The van der Waals surface area contributed by atoms with Crippen molar-refractivity contribution in [1.82, 2.24) is 0 Å². The molecule has 0 aromatic carbocycles. The lowest BCUT2D eigenvalue weighted by atomic mass is 10.1. The van der Waals surface area contributed by atoms with E-state index < -0.39 is 0 Å². The number of allylic oxidation sites excluding steroid dienone is 5.